The van der Waals surface area contributed by atoms with Gasteiger partial charge < -0.3 is 14.8 Å². The number of halogens is 1. The van der Waals surface area contributed by atoms with E-state index in [0.29, 0.717) is 12.1 Å². The summed E-state index contributed by atoms with van der Waals surface area (Å²) >= 11 is 6.24. The van der Waals surface area contributed by atoms with Crippen molar-refractivity contribution >= 4 is 11.6 Å². The van der Waals surface area contributed by atoms with Crippen molar-refractivity contribution in [2.75, 3.05) is 7.11 Å². The molecule has 1 N–H and O–H groups in total. The molecule has 4 heteroatoms. The Bertz CT molecular complexity index is 846. The van der Waals surface area contributed by atoms with Crippen LogP contribution in [0.5, 0.6) is 11.5 Å². The van der Waals surface area contributed by atoms with Gasteiger partial charge in [-0.15, -0.1) is 0 Å². The fourth-order valence-corrected chi connectivity index (χ4v) is 6.52. The zero-order valence-corrected chi connectivity index (χ0v) is 17.9. The Hall–Kier alpha value is -1.71. The van der Waals surface area contributed by atoms with Gasteiger partial charge in [0.25, 0.3) is 0 Å². The zero-order valence-electron chi connectivity index (χ0n) is 17.1. The van der Waals surface area contributed by atoms with Crippen molar-refractivity contribution in [3.05, 3.63) is 58.6 Å². The van der Waals surface area contributed by atoms with Gasteiger partial charge in [-0.1, -0.05) is 35.9 Å². The van der Waals surface area contributed by atoms with Crippen molar-refractivity contribution in [1.82, 2.24) is 5.32 Å². The lowest BCUT2D eigenvalue weighted by molar-refractivity contribution is -0.0206. The summed E-state index contributed by atoms with van der Waals surface area (Å²) in [5.74, 6) is 4.42. The van der Waals surface area contributed by atoms with Crippen molar-refractivity contribution in [2.45, 2.75) is 57.2 Å². The maximum Gasteiger partial charge on any atom is 0.161 e. The van der Waals surface area contributed by atoms with Gasteiger partial charge in [-0.25, -0.2) is 0 Å². The van der Waals surface area contributed by atoms with Crippen LogP contribution in [0.1, 0.15) is 49.7 Å². The monoisotopic (exact) mass is 411 g/mol. The fourth-order valence-electron chi connectivity index (χ4n) is 6.33. The largest absolute Gasteiger partial charge is 0.493 e. The Morgan fingerprint density at radius 3 is 2.31 bits per heavy atom. The van der Waals surface area contributed by atoms with E-state index >= 15 is 0 Å². The highest BCUT2D eigenvalue weighted by atomic mass is 35.5. The molecule has 0 atom stereocenters. The molecule has 0 aromatic heterocycles. The molecule has 3 nitrogen and oxygen atoms in total. The van der Waals surface area contributed by atoms with Crippen LogP contribution in [0.4, 0.5) is 0 Å². The molecule has 4 saturated carbocycles. The topological polar surface area (TPSA) is 30.5 Å². The number of hydrogen-bond acceptors (Lipinski definition) is 3. The number of ether oxygens (including phenoxy) is 2. The minimum Gasteiger partial charge on any atom is -0.493 e. The van der Waals surface area contributed by atoms with Crippen LogP contribution in [0.2, 0.25) is 5.02 Å². The summed E-state index contributed by atoms with van der Waals surface area (Å²) in [5, 5.41) is 4.69. The molecule has 6 rings (SSSR count). The summed E-state index contributed by atoms with van der Waals surface area (Å²) in [6, 6.07) is 14.0. The highest BCUT2D eigenvalue weighted by Gasteiger charge is 2.50. The standard InChI is InChI=1S/C25H30ClNO2/c1-28-24-11-17(6-7-23(24)29-16-21-4-2-3-5-22(21)26)15-27-25-12-18-8-19(13-25)10-20(9-18)14-25/h2-7,11,18-20,27H,8-10,12-16H2,1H3. The Kier molecular flexibility index (Phi) is 5.21. The SMILES string of the molecule is COc1cc(CNC23CC4CC(CC(C4)C2)C3)ccc1OCc1ccccc1Cl. The Labute approximate surface area is 178 Å². The van der Waals surface area contributed by atoms with E-state index in [1.165, 1.54) is 44.1 Å². The molecule has 4 aliphatic rings. The summed E-state index contributed by atoms with van der Waals surface area (Å²) in [5.41, 5.74) is 2.60. The van der Waals surface area contributed by atoms with Crippen LogP contribution in [0.3, 0.4) is 0 Å². The molecule has 0 amide bonds. The van der Waals surface area contributed by atoms with E-state index in [2.05, 4.69) is 17.4 Å². The van der Waals surface area contributed by atoms with E-state index < -0.39 is 0 Å². The predicted octanol–water partition coefficient (Wildman–Crippen LogP) is 5.99. The first-order chi connectivity index (χ1) is 14.1. The maximum atomic E-state index is 6.24. The van der Waals surface area contributed by atoms with Crippen LogP contribution in [0.25, 0.3) is 0 Å². The number of rotatable bonds is 7. The normalized spacial score (nSPS) is 29.8. The minimum absolute atomic E-state index is 0.376. The van der Waals surface area contributed by atoms with Crippen LogP contribution in [0.15, 0.2) is 42.5 Å². The molecule has 154 valence electrons. The molecule has 4 fully saturated rings. The first-order valence-corrected chi connectivity index (χ1v) is 11.3. The molecule has 29 heavy (non-hydrogen) atoms. The average Bonchev–Trinajstić information content (AvgIpc) is 2.71. The number of nitrogens with one attached hydrogen (secondary N) is 1. The van der Waals surface area contributed by atoms with Gasteiger partial charge in [-0.05, 0) is 80.0 Å². The van der Waals surface area contributed by atoms with Crippen molar-refractivity contribution in [3.8, 4) is 11.5 Å². The van der Waals surface area contributed by atoms with E-state index in [-0.39, 0.29) is 0 Å². The summed E-state index contributed by atoms with van der Waals surface area (Å²) in [6.07, 6.45) is 8.55. The number of benzene rings is 2. The molecule has 0 saturated heterocycles. The molecule has 2 aromatic rings. The highest BCUT2D eigenvalue weighted by molar-refractivity contribution is 6.31. The molecule has 4 bridgehead atoms. The zero-order chi connectivity index (χ0) is 19.8. The third kappa shape index (κ3) is 4.00. The maximum absolute atomic E-state index is 6.24. The van der Waals surface area contributed by atoms with Crippen LogP contribution < -0.4 is 14.8 Å². The van der Waals surface area contributed by atoms with E-state index in [4.69, 9.17) is 21.1 Å². The molecule has 0 unspecified atom stereocenters. The van der Waals surface area contributed by atoms with Crippen LogP contribution >= 0.6 is 11.6 Å². The second-order valence-electron chi connectivity index (χ2n) is 9.42. The van der Waals surface area contributed by atoms with Crippen molar-refractivity contribution in [2.24, 2.45) is 17.8 Å². The van der Waals surface area contributed by atoms with Gasteiger partial charge in [0.15, 0.2) is 11.5 Å². The van der Waals surface area contributed by atoms with Crippen molar-refractivity contribution in [3.63, 3.8) is 0 Å². The number of hydrogen-bond donors (Lipinski definition) is 1. The molecule has 2 aromatic carbocycles. The summed E-state index contributed by atoms with van der Waals surface area (Å²) in [6.45, 7) is 1.33. The first kappa shape index (κ1) is 19.3. The Morgan fingerprint density at radius 2 is 1.66 bits per heavy atom. The van der Waals surface area contributed by atoms with Gasteiger partial charge in [0.05, 0.1) is 7.11 Å². The number of methoxy groups -OCH3 is 1. The molecule has 0 heterocycles. The second kappa shape index (κ2) is 7.85. The van der Waals surface area contributed by atoms with Crippen molar-refractivity contribution in [1.29, 1.82) is 0 Å². The highest BCUT2D eigenvalue weighted by Crippen LogP contribution is 2.55. The minimum atomic E-state index is 0.376. The van der Waals surface area contributed by atoms with E-state index in [1.54, 1.807) is 7.11 Å². The lowest BCUT2D eigenvalue weighted by Crippen LogP contribution is -2.58. The van der Waals surface area contributed by atoms with Gasteiger partial charge in [0.1, 0.15) is 6.61 Å². The fraction of sp³-hybridized carbons (Fsp3) is 0.520. The summed E-state index contributed by atoms with van der Waals surface area (Å²) in [4.78, 5) is 0. The van der Waals surface area contributed by atoms with Gasteiger partial charge in [0.2, 0.25) is 0 Å². The molecule has 0 radical (unpaired) electrons. The van der Waals surface area contributed by atoms with E-state index in [0.717, 1.165) is 46.4 Å². The summed E-state index contributed by atoms with van der Waals surface area (Å²) < 4.78 is 11.6. The third-order valence-corrected chi connectivity index (χ3v) is 7.64. The third-order valence-electron chi connectivity index (χ3n) is 7.27. The van der Waals surface area contributed by atoms with Crippen LogP contribution in [-0.2, 0) is 13.2 Å². The first-order valence-electron chi connectivity index (χ1n) is 10.9. The average molecular weight is 412 g/mol. The van der Waals surface area contributed by atoms with Gasteiger partial charge in [-0.2, -0.15) is 0 Å². The van der Waals surface area contributed by atoms with E-state index in [9.17, 15) is 0 Å². The lowest BCUT2D eigenvalue weighted by atomic mass is 9.53. The van der Waals surface area contributed by atoms with Gasteiger partial charge in [0, 0.05) is 22.7 Å². The predicted molar refractivity (Wildman–Crippen MR) is 117 cm³/mol. The molecule has 0 aliphatic heterocycles. The second-order valence-corrected chi connectivity index (χ2v) is 9.82. The molecular weight excluding hydrogens is 382 g/mol. The lowest BCUT2D eigenvalue weighted by Gasteiger charge is -2.57. The van der Waals surface area contributed by atoms with Gasteiger partial charge in [-0.3, -0.25) is 0 Å². The smallest absolute Gasteiger partial charge is 0.161 e. The molecular formula is C25H30ClNO2. The Morgan fingerprint density at radius 1 is 0.966 bits per heavy atom. The van der Waals surface area contributed by atoms with E-state index in [1.807, 2.05) is 30.3 Å². The quantitative estimate of drug-likeness (QED) is 0.607. The Balaban J connectivity index is 1.24. The molecule has 0 spiro atoms. The molecule has 4 aliphatic carbocycles. The summed E-state index contributed by atoms with van der Waals surface area (Å²) in [7, 11) is 1.70. The van der Waals surface area contributed by atoms with Crippen molar-refractivity contribution < 1.29 is 9.47 Å². The van der Waals surface area contributed by atoms with Crippen LogP contribution in [-0.4, -0.2) is 12.6 Å². The van der Waals surface area contributed by atoms with Gasteiger partial charge >= 0.3 is 0 Å². The van der Waals surface area contributed by atoms with Crippen LogP contribution in [0, 0.1) is 17.8 Å².